The van der Waals surface area contributed by atoms with Gasteiger partial charge in [-0.15, -0.1) is 53.8 Å². The van der Waals surface area contributed by atoms with Crippen molar-refractivity contribution >= 4 is 57.0 Å². The number of aromatic nitrogens is 1. The van der Waals surface area contributed by atoms with E-state index in [2.05, 4.69) is 278 Å². The van der Waals surface area contributed by atoms with Crippen LogP contribution >= 0.6 is 0 Å². The summed E-state index contributed by atoms with van der Waals surface area (Å²) in [5, 5.41) is 0. The molecule has 0 spiro atoms. The predicted molar refractivity (Wildman–Crippen MR) is 287 cm³/mol. The third kappa shape index (κ3) is 8.06. The molecule has 6 heteroatoms. The average molecular weight is 1080 g/mol. The molecular weight excluding hydrogens is 1030 g/mol. The monoisotopic (exact) mass is 1080 g/mol. The molecule has 0 bridgehead atoms. The zero-order valence-electron chi connectivity index (χ0n) is 39.1. The topological polar surface area (TPSA) is 25.9 Å². The Morgan fingerprint density at radius 2 is 1.04 bits per heavy atom. The van der Waals surface area contributed by atoms with Gasteiger partial charge in [0.15, 0.2) is 0 Å². The van der Waals surface area contributed by atoms with Gasteiger partial charge in [0.25, 0.3) is 0 Å². The van der Waals surface area contributed by atoms with Gasteiger partial charge in [-0.1, -0.05) is 189 Å². The van der Waals surface area contributed by atoms with Crippen LogP contribution in [0.2, 0.25) is 0 Å². The van der Waals surface area contributed by atoms with Crippen molar-refractivity contribution < 1.29 is 21.1 Å². The van der Waals surface area contributed by atoms with Crippen LogP contribution in [0.15, 0.2) is 231 Å². The van der Waals surface area contributed by atoms with Crippen LogP contribution < -0.4 is 19.6 Å². The van der Waals surface area contributed by atoms with Crippen LogP contribution in [0.5, 0.6) is 0 Å². The van der Waals surface area contributed by atoms with E-state index in [-0.39, 0.29) is 26.5 Å². The zero-order chi connectivity index (χ0) is 46.5. The molecular formula is C64H48N5Pt-3. The van der Waals surface area contributed by atoms with Crippen LogP contribution in [0.3, 0.4) is 0 Å². The van der Waals surface area contributed by atoms with Crippen molar-refractivity contribution in [2.75, 3.05) is 19.6 Å². The van der Waals surface area contributed by atoms with E-state index in [1.165, 1.54) is 11.1 Å². The van der Waals surface area contributed by atoms with Crippen LogP contribution in [-0.4, -0.2) is 4.98 Å². The first-order valence-corrected chi connectivity index (χ1v) is 23.5. The standard InChI is InChI=1S/C64H48N5.Pt/c1-64(2,3)57-28-14-16-30-59(57)67-44-66(60-31-17-18-32-61(60)67)51-39-48(46-23-9-5-10-24-46)40-52(42-51)68(49-25-11-6-12-26-49)50-35-37-55-53-36-34-47(45-21-7-4-8-22-45)41-56(53)54-27-13-15-29-58(54)69(62(55)43-50)63-33-19-20-38-65-63;/h4-41,44H,1-3H3;/q-3;. The number of benzene rings is 9. The Morgan fingerprint density at radius 3 is 1.74 bits per heavy atom. The summed E-state index contributed by atoms with van der Waals surface area (Å²) in [7, 11) is 0. The van der Waals surface area contributed by atoms with Crippen molar-refractivity contribution in [2.24, 2.45) is 0 Å². The second-order valence-corrected chi connectivity index (χ2v) is 18.6. The average Bonchev–Trinajstić information content (AvgIpc) is 3.74. The largest absolute Gasteiger partial charge is 0.493 e. The first-order chi connectivity index (χ1) is 33.9. The van der Waals surface area contributed by atoms with Crippen molar-refractivity contribution in [2.45, 2.75) is 26.2 Å². The molecule has 0 saturated carbocycles. The van der Waals surface area contributed by atoms with E-state index < -0.39 is 0 Å². The fourth-order valence-electron chi connectivity index (χ4n) is 9.93. The fraction of sp³-hybridized carbons (Fsp3) is 0.0625. The van der Waals surface area contributed by atoms with E-state index in [1.807, 2.05) is 12.3 Å². The molecule has 0 fully saturated rings. The molecule has 0 saturated heterocycles. The number of pyridine rings is 1. The minimum Gasteiger partial charge on any atom is -0.493 e. The van der Waals surface area contributed by atoms with Gasteiger partial charge < -0.3 is 19.6 Å². The third-order valence-corrected chi connectivity index (χ3v) is 13.2. The molecule has 0 aliphatic carbocycles. The number of hydrogen-bond donors (Lipinski definition) is 0. The van der Waals surface area contributed by atoms with Gasteiger partial charge in [-0.3, -0.25) is 0 Å². The SMILES string of the molecule is CC(C)(C)c1ccccc1N1[CH-]N(c2[c-]c(N(c3[c-]c4c(cc3)-c3ccc(-c5ccccc5)cc3-c3ccccc3N4c3ccccn3)c3ccccc3)cc(-c3ccccc3)c2)c2ccccc21.[Pt]. The Kier molecular flexibility index (Phi) is 11.8. The summed E-state index contributed by atoms with van der Waals surface area (Å²) >= 11 is 0. The van der Waals surface area contributed by atoms with Crippen molar-refractivity contribution in [1.29, 1.82) is 0 Å². The maximum atomic E-state index is 5.00. The predicted octanol–water partition coefficient (Wildman–Crippen LogP) is 17.3. The Hall–Kier alpha value is -7.98. The second kappa shape index (κ2) is 18.5. The zero-order valence-corrected chi connectivity index (χ0v) is 41.3. The van der Waals surface area contributed by atoms with Crippen LogP contribution in [0.4, 0.5) is 57.0 Å². The summed E-state index contributed by atoms with van der Waals surface area (Å²) in [6.07, 6.45) is 1.87. The van der Waals surface area contributed by atoms with Gasteiger partial charge in [0.1, 0.15) is 5.82 Å². The maximum absolute atomic E-state index is 5.00. The number of hydrogen-bond acceptors (Lipinski definition) is 5. The number of nitrogens with zero attached hydrogens (tertiary/aromatic N) is 5. The smallest absolute Gasteiger partial charge is 0.135 e. The molecule has 9 aromatic carbocycles. The summed E-state index contributed by atoms with van der Waals surface area (Å²) in [5.74, 6) is 0.808. The summed E-state index contributed by atoms with van der Waals surface area (Å²) in [4.78, 5) is 14.2. The second-order valence-electron chi connectivity index (χ2n) is 18.6. The number of anilines is 10. The quantitative estimate of drug-likeness (QED) is 0.141. The molecule has 2 aliphatic heterocycles. The summed E-state index contributed by atoms with van der Waals surface area (Å²) < 4.78 is 0. The van der Waals surface area contributed by atoms with Gasteiger partial charge in [0.05, 0.1) is 5.69 Å². The van der Waals surface area contributed by atoms with E-state index in [1.54, 1.807) is 0 Å². The summed E-state index contributed by atoms with van der Waals surface area (Å²) in [6.45, 7) is 9.06. The Balaban J connectivity index is 0.00000533. The van der Waals surface area contributed by atoms with E-state index in [9.17, 15) is 0 Å². The Labute approximate surface area is 425 Å². The third-order valence-electron chi connectivity index (χ3n) is 13.2. The van der Waals surface area contributed by atoms with E-state index >= 15 is 0 Å². The molecule has 342 valence electrons. The van der Waals surface area contributed by atoms with Crippen molar-refractivity contribution in [1.82, 2.24) is 4.98 Å². The molecule has 1 aromatic heterocycles. The molecule has 2 aliphatic rings. The number of fused-ring (bicyclic) bond motifs is 6. The molecule has 0 N–H and O–H groups in total. The summed E-state index contributed by atoms with van der Waals surface area (Å²) in [5.41, 5.74) is 19.1. The first-order valence-electron chi connectivity index (χ1n) is 23.5. The van der Waals surface area contributed by atoms with Crippen LogP contribution in [0, 0.1) is 18.8 Å². The van der Waals surface area contributed by atoms with Crippen molar-refractivity contribution in [3.8, 4) is 44.5 Å². The van der Waals surface area contributed by atoms with Crippen molar-refractivity contribution in [3.05, 3.63) is 255 Å². The van der Waals surface area contributed by atoms with Gasteiger partial charge in [-0.25, -0.2) is 4.98 Å². The van der Waals surface area contributed by atoms with Crippen LogP contribution in [0.1, 0.15) is 26.3 Å². The van der Waals surface area contributed by atoms with Gasteiger partial charge in [-0.2, -0.15) is 6.07 Å². The molecule has 0 amide bonds. The number of rotatable bonds is 8. The molecule has 5 nitrogen and oxygen atoms in total. The Morgan fingerprint density at radius 1 is 0.443 bits per heavy atom. The summed E-state index contributed by atoms with van der Waals surface area (Å²) in [6, 6.07) is 87.9. The molecule has 12 rings (SSSR count). The van der Waals surface area contributed by atoms with Crippen LogP contribution in [-0.2, 0) is 26.5 Å². The molecule has 3 heterocycles. The van der Waals surface area contributed by atoms with E-state index in [4.69, 9.17) is 4.98 Å². The molecule has 70 heavy (non-hydrogen) atoms. The van der Waals surface area contributed by atoms with Crippen LogP contribution in [0.25, 0.3) is 44.5 Å². The van der Waals surface area contributed by atoms with Crippen molar-refractivity contribution in [3.63, 3.8) is 0 Å². The Bertz CT molecular complexity index is 3480. The fourth-order valence-corrected chi connectivity index (χ4v) is 9.93. The molecule has 10 aromatic rings. The molecule has 0 radical (unpaired) electrons. The van der Waals surface area contributed by atoms with E-state index in [0.29, 0.717) is 0 Å². The molecule has 0 unspecified atom stereocenters. The maximum Gasteiger partial charge on any atom is 0.135 e. The molecule has 0 atom stereocenters. The van der Waals surface area contributed by atoms with Gasteiger partial charge in [0.2, 0.25) is 0 Å². The normalized spacial score (nSPS) is 12.5. The van der Waals surface area contributed by atoms with Gasteiger partial charge in [0, 0.05) is 55.6 Å². The number of para-hydroxylation sites is 5. The minimum absolute atomic E-state index is 0. The minimum atomic E-state index is -0.0681. The van der Waals surface area contributed by atoms with E-state index in [0.717, 1.165) is 95.9 Å². The van der Waals surface area contributed by atoms with Gasteiger partial charge in [-0.05, 0) is 87.8 Å². The first kappa shape index (κ1) is 44.5. The van der Waals surface area contributed by atoms with Gasteiger partial charge >= 0.3 is 0 Å².